The minimum Gasteiger partial charge on any atom is -0.336 e. The van der Waals surface area contributed by atoms with E-state index in [1.54, 1.807) is 0 Å². The van der Waals surface area contributed by atoms with Crippen molar-refractivity contribution in [2.75, 3.05) is 5.75 Å². The van der Waals surface area contributed by atoms with Crippen LogP contribution in [0.2, 0.25) is 0 Å². The van der Waals surface area contributed by atoms with E-state index in [1.807, 2.05) is 29.2 Å². The third-order valence-electron chi connectivity index (χ3n) is 7.78. The number of likely N-dealkylation sites (tertiary alicyclic amines) is 1. The first-order valence-electron chi connectivity index (χ1n) is 12.2. The second kappa shape index (κ2) is 9.17. The summed E-state index contributed by atoms with van der Waals surface area (Å²) >= 11 is 1.03. The van der Waals surface area contributed by atoms with Crippen molar-refractivity contribution in [2.45, 2.75) is 82.2 Å². The van der Waals surface area contributed by atoms with Crippen molar-refractivity contribution in [3.63, 3.8) is 0 Å². The molecule has 0 N–H and O–H groups in total. The summed E-state index contributed by atoms with van der Waals surface area (Å²) in [6.45, 7) is 4.37. The van der Waals surface area contributed by atoms with Gasteiger partial charge < -0.3 is 4.90 Å². The first-order valence-corrected chi connectivity index (χ1v) is 13.2. The standard InChI is InChI=1S/C26H30F3N3OS/c1-15-7-12-21-18(13-15)9-8-16(2)32(21)22(33)14-34-25-30-23-19-6-4-3-5-17(19)10-11-20(23)24(31-25)26(27,28)29/h3-6,15-16,18,21H,7-14H2,1-2H3/t15-,16-,18-,21-/m1/s1. The molecule has 3 aliphatic rings. The Morgan fingerprint density at radius 2 is 1.88 bits per heavy atom. The summed E-state index contributed by atoms with van der Waals surface area (Å²) in [5.41, 5.74) is 1.37. The minimum absolute atomic E-state index is 0.0166. The van der Waals surface area contributed by atoms with Gasteiger partial charge in [-0.05, 0) is 69.3 Å². The quantitative estimate of drug-likeness (QED) is 0.382. The molecule has 1 amide bonds. The Hall–Kier alpha value is -2.09. The maximum atomic E-state index is 13.9. The van der Waals surface area contributed by atoms with Crippen LogP contribution in [-0.2, 0) is 23.8 Å². The number of piperidine rings is 1. The molecule has 2 aromatic rings. The Morgan fingerprint density at radius 1 is 1.09 bits per heavy atom. The molecule has 4 atom stereocenters. The number of amides is 1. The van der Waals surface area contributed by atoms with E-state index in [4.69, 9.17) is 0 Å². The molecule has 2 fully saturated rings. The van der Waals surface area contributed by atoms with E-state index in [9.17, 15) is 18.0 Å². The van der Waals surface area contributed by atoms with Crippen LogP contribution in [0.5, 0.6) is 0 Å². The molecule has 0 spiro atoms. The predicted molar refractivity (Wildman–Crippen MR) is 126 cm³/mol. The second-order valence-corrected chi connectivity index (χ2v) is 11.0. The number of aromatic nitrogens is 2. The van der Waals surface area contributed by atoms with Gasteiger partial charge in [0.15, 0.2) is 10.9 Å². The molecule has 182 valence electrons. The van der Waals surface area contributed by atoms with E-state index in [2.05, 4.69) is 23.8 Å². The van der Waals surface area contributed by atoms with E-state index < -0.39 is 11.9 Å². The van der Waals surface area contributed by atoms with Gasteiger partial charge in [-0.2, -0.15) is 13.2 Å². The Labute approximate surface area is 202 Å². The maximum Gasteiger partial charge on any atom is 0.433 e. The molecule has 1 aromatic heterocycles. The lowest BCUT2D eigenvalue weighted by Crippen LogP contribution is -2.55. The third kappa shape index (κ3) is 4.45. The molecule has 34 heavy (non-hydrogen) atoms. The molecule has 1 saturated carbocycles. The van der Waals surface area contributed by atoms with Crippen LogP contribution in [0, 0.1) is 11.8 Å². The number of carbonyl (C=O) groups is 1. The van der Waals surface area contributed by atoms with Gasteiger partial charge in [0.2, 0.25) is 5.91 Å². The molecule has 4 nitrogen and oxygen atoms in total. The Bertz CT molecular complexity index is 1090. The topological polar surface area (TPSA) is 46.1 Å². The fraction of sp³-hybridized carbons (Fsp3) is 0.577. The van der Waals surface area contributed by atoms with E-state index in [-0.39, 0.29) is 40.9 Å². The van der Waals surface area contributed by atoms with Crippen molar-refractivity contribution in [2.24, 2.45) is 11.8 Å². The van der Waals surface area contributed by atoms with Crippen molar-refractivity contribution in [3.8, 4) is 11.3 Å². The summed E-state index contributed by atoms with van der Waals surface area (Å²) in [4.78, 5) is 23.8. The van der Waals surface area contributed by atoms with Crippen molar-refractivity contribution in [1.82, 2.24) is 14.9 Å². The van der Waals surface area contributed by atoms with Crippen LogP contribution in [0.15, 0.2) is 29.4 Å². The van der Waals surface area contributed by atoms with Gasteiger partial charge in [-0.25, -0.2) is 9.97 Å². The third-order valence-corrected chi connectivity index (χ3v) is 8.61. The number of alkyl halides is 3. The number of hydrogen-bond acceptors (Lipinski definition) is 4. The van der Waals surface area contributed by atoms with Crippen molar-refractivity contribution < 1.29 is 18.0 Å². The van der Waals surface area contributed by atoms with Gasteiger partial charge in [0, 0.05) is 23.2 Å². The Morgan fingerprint density at radius 3 is 2.68 bits per heavy atom. The van der Waals surface area contributed by atoms with E-state index in [0.29, 0.717) is 24.0 Å². The molecular formula is C26H30F3N3OS. The summed E-state index contributed by atoms with van der Waals surface area (Å²) in [5.74, 6) is 1.26. The van der Waals surface area contributed by atoms with Gasteiger partial charge in [-0.3, -0.25) is 4.79 Å². The molecule has 1 aromatic carbocycles. The molecule has 1 saturated heterocycles. The molecule has 0 bridgehead atoms. The smallest absolute Gasteiger partial charge is 0.336 e. The molecule has 5 rings (SSSR count). The van der Waals surface area contributed by atoms with Crippen LogP contribution in [0.1, 0.15) is 62.8 Å². The average molecular weight is 490 g/mol. The minimum atomic E-state index is -4.56. The zero-order valence-electron chi connectivity index (χ0n) is 19.6. The molecule has 0 radical (unpaired) electrons. The van der Waals surface area contributed by atoms with E-state index in [0.717, 1.165) is 55.0 Å². The first kappa shape index (κ1) is 23.6. The lowest BCUT2D eigenvalue weighted by Gasteiger charge is -2.49. The van der Waals surface area contributed by atoms with Crippen LogP contribution in [0.4, 0.5) is 13.2 Å². The molecule has 0 unspecified atom stereocenters. The van der Waals surface area contributed by atoms with Crippen molar-refractivity contribution in [1.29, 1.82) is 0 Å². The molecule has 2 aliphatic carbocycles. The lowest BCUT2D eigenvalue weighted by molar-refractivity contribution is -0.142. The fourth-order valence-electron chi connectivity index (χ4n) is 6.16. The van der Waals surface area contributed by atoms with Crippen LogP contribution in [0.25, 0.3) is 11.3 Å². The van der Waals surface area contributed by atoms with Crippen LogP contribution in [-0.4, -0.2) is 38.6 Å². The summed E-state index contributed by atoms with van der Waals surface area (Å²) < 4.78 is 41.7. The number of carbonyl (C=O) groups excluding carboxylic acids is 1. The average Bonchev–Trinajstić information content (AvgIpc) is 2.81. The highest BCUT2D eigenvalue weighted by Crippen LogP contribution is 2.42. The molecular weight excluding hydrogens is 459 g/mol. The first-order chi connectivity index (χ1) is 16.2. The molecule has 2 heterocycles. The lowest BCUT2D eigenvalue weighted by atomic mass is 9.73. The number of nitrogens with zero attached hydrogens (tertiary/aromatic N) is 3. The number of rotatable bonds is 3. The van der Waals surface area contributed by atoms with Crippen LogP contribution < -0.4 is 0 Å². The van der Waals surface area contributed by atoms with Gasteiger partial charge in [-0.1, -0.05) is 43.0 Å². The highest BCUT2D eigenvalue weighted by molar-refractivity contribution is 7.99. The second-order valence-electron chi connectivity index (χ2n) is 10.1. The highest BCUT2D eigenvalue weighted by atomic mass is 32.2. The number of thioether (sulfide) groups is 1. The largest absolute Gasteiger partial charge is 0.433 e. The van der Waals surface area contributed by atoms with Crippen molar-refractivity contribution in [3.05, 3.63) is 41.1 Å². The van der Waals surface area contributed by atoms with Gasteiger partial charge in [0.1, 0.15) is 0 Å². The highest BCUT2D eigenvalue weighted by Gasteiger charge is 2.41. The maximum absolute atomic E-state index is 13.9. The monoisotopic (exact) mass is 489 g/mol. The van der Waals surface area contributed by atoms with Gasteiger partial charge in [-0.15, -0.1) is 0 Å². The summed E-state index contributed by atoms with van der Waals surface area (Å²) in [6, 6.07) is 7.87. The Balaban J connectivity index is 1.40. The Kier molecular flexibility index (Phi) is 6.38. The zero-order chi connectivity index (χ0) is 24.0. The predicted octanol–water partition coefficient (Wildman–Crippen LogP) is 6.17. The number of benzene rings is 1. The van der Waals surface area contributed by atoms with Crippen LogP contribution >= 0.6 is 11.8 Å². The molecule has 1 aliphatic heterocycles. The summed E-state index contributed by atoms with van der Waals surface area (Å²) in [5, 5.41) is 0.0228. The fourth-order valence-corrected chi connectivity index (χ4v) is 6.88. The van der Waals surface area contributed by atoms with E-state index >= 15 is 0 Å². The number of fused-ring (bicyclic) bond motifs is 4. The van der Waals surface area contributed by atoms with Crippen molar-refractivity contribution >= 4 is 17.7 Å². The van der Waals surface area contributed by atoms with Gasteiger partial charge >= 0.3 is 6.18 Å². The number of hydrogen-bond donors (Lipinski definition) is 0. The number of aryl methyl sites for hydroxylation is 1. The van der Waals surface area contributed by atoms with Crippen LogP contribution in [0.3, 0.4) is 0 Å². The van der Waals surface area contributed by atoms with Gasteiger partial charge in [0.05, 0.1) is 11.4 Å². The van der Waals surface area contributed by atoms with E-state index in [1.165, 1.54) is 0 Å². The number of halogens is 3. The summed E-state index contributed by atoms with van der Waals surface area (Å²) in [7, 11) is 0. The SMILES string of the molecule is C[C@@H]1CC[C@@H]2[C@H](CC[C@@H](C)N2C(=O)CSc2nc3c(c(C(F)(F)F)n2)CCc2ccccc2-3)C1. The summed E-state index contributed by atoms with van der Waals surface area (Å²) in [6.07, 6.45) is 1.64. The van der Waals surface area contributed by atoms with Gasteiger partial charge in [0.25, 0.3) is 0 Å². The zero-order valence-corrected chi connectivity index (χ0v) is 20.4. The normalized spacial score (nSPS) is 26.4. The molecule has 8 heteroatoms.